The molecule has 2 aromatic rings. The monoisotopic (exact) mass is 597 g/mol. The lowest BCUT2D eigenvalue weighted by atomic mass is 9.79. The van der Waals surface area contributed by atoms with Crippen LogP contribution in [-0.4, -0.2) is 55.3 Å². The highest BCUT2D eigenvalue weighted by Gasteiger charge is 2.46. The molecule has 3 heterocycles. The van der Waals surface area contributed by atoms with E-state index in [1.54, 1.807) is 19.2 Å². The van der Waals surface area contributed by atoms with E-state index in [4.69, 9.17) is 9.73 Å². The largest absolute Gasteiger partial charge is 0.463 e. The van der Waals surface area contributed by atoms with Crippen molar-refractivity contribution >= 4 is 48.9 Å². The first kappa shape index (κ1) is 26.9. The number of carbonyl (C=O) groups excluding carboxylic acids is 1. The summed E-state index contributed by atoms with van der Waals surface area (Å²) in [6.07, 6.45) is 3.69. The molecule has 0 saturated carbocycles. The topological polar surface area (TPSA) is 88.9 Å². The molecule has 0 amide bonds. The highest BCUT2D eigenvalue weighted by atomic mass is 79.9. The number of esters is 1. The average Bonchev–Trinajstić information content (AvgIpc) is 3.47. The number of thiazole rings is 1. The maximum absolute atomic E-state index is 14.0. The normalized spacial score (nSPS) is 21.7. The third-order valence-corrected chi connectivity index (χ3v) is 9.42. The van der Waals surface area contributed by atoms with E-state index in [0.29, 0.717) is 28.0 Å². The molecule has 1 fully saturated rings. The molecule has 4 rings (SSSR count). The highest BCUT2D eigenvalue weighted by molar-refractivity contribution is 9.10. The molecule has 0 aliphatic carbocycles. The number of carbonyl (C=O) groups is 1. The summed E-state index contributed by atoms with van der Waals surface area (Å²) in [6, 6.07) is 3.60. The molecular weight excluding hydrogens is 569 g/mol. The number of aromatic nitrogens is 1. The van der Waals surface area contributed by atoms with Crippen LogP contribution >= 0.6 is 27.3 Å². The van der Waals surface area contributed by atoms with Crippen LogP contribution in [0.2, 0.25) is 0 Å². The second-order valence-electron chi connectivity index (χ2n) is 9.35. The van der Waals surface area contributed by atoms with Crippen molar-refractivity contribution in [3.05, 3.63) is 61.9 Å². The van der Waals surface area contributed by atoms with Crippen molar-refractivity contribution < 1.29 is 22.3 Å². The van der Waals surface area contributed by atoms with Gasteiger partial charge in [-0.2, -0.15) is 0 Å². The molecule has 7 nitrogen and oxygen atoms in total. The minimum Gasteiger partial charge on any atom is -0.463 e. The van der Waals surface area contributed by atoms with Crippen LogP contribution in [-0.2, 0) is 19.4 Å². The highest BCUT2D eigenvalue weighted by Crippen LogP contribution is 2.47. The van der Waals surface area contributed by atoms with Crippen LogP contribution in [0.3, 0.4) is 0 Å². The number of allylic oxidation sites excluding steroid dienone is 1. The summed E-state index contributed by atoms with van der Waals surface area (Å²) < 4.78 is 44.1. The van der Waals surface area contributed by atoms with Crippen LogP contribution in [0.15, 0.2) is 50.5 Å². The van der Waals surface area contributed by atoms with Crippen LogP contribution in [0, 0.1) is 23.6 Å². The summed E-state index contributed by atoms with van der Waals surface area (Å²) in [4.78, 5) is 25.0. The first-order chi connectivity index (χ1) is 17.0. The van der Waals surface area contributed by atoms with E-state index in [0.717, 1.165) is 17.1 Å². The van der Waals surface area contributed by atoms with E-state index >= 15 is 0 Å². The number of rotatable bonds is 8. The lowest BCUT2D eigenvalue weighted by Gasteiger charge is -2.35. The van der Waals surface area contributed by atoms with Gasteiger partial charge in [0.2, 0.25) is 0 Å². The molecule has 4 atom stereocenters. The first-order valence-corrected chi connectivity index (χ1v) is 15.5. The number of ether oxygens (including phenoxy) is 1. The summed E-state index contributed by atoms with van der Waals surface area (Å²) in [5.74, 6) is -0.410. The second-order valence-corrected chi connectivity index (χ2v) is 13.3. The number of nitrogens with zero attached hydrogens (tertiary/aromatic N) is 3. The van der Waals surface area contributed by atoms with E-state index in [-0.39, 0.29) is 30.1 Å². The Balaban J connectivity index is 1.91. The molecule has 0 radical (unpaired) electrons. The number of halogens is 2. The van der Waals surface area contributed by atoms with Crippen LogP contribution in [0.4, 0.5) is 4.39 Å². The van der Waals surface area contributed by atoms with Crippen LogP contribution in [0.25, 0.3) is 0 Å². The van der Waals surface area contributed by atoms with Gasteiger partial charge in [-0.25, -0.2) is 22.6 Å². The van der Waals surface area contributed by atoms with Crippen molar-refractivity contribution in [2.75, 3.05) is 25.2 Å². The zero-order valence-corrected chi connectivity index (χ0v) is 23.8. The Hall–Kier alpha value is -2.11. The van der Waals surface area contributed by atoms with Crippen molar-refractivity contribution in [2.24, 2.45) is 22.7 Å². The quantitative estimate of drug-likeness (QED) is 0.398. The third kappa shape index (κ3) is 5.43. The lowest BCUT2D eigenvalue weighted by molar-refractivity contribution is -0.139. The number of hydrogen-bond donors (Lipinski definition) is 0. The summed E-state index contributed by atoms with van der Waals surface area (Å²) >= 11 is 4.92. The fourth-order valence-electron chi connectivity index (χ4n) is 5.10. The van der Waals surface area contributed by atoms with Gasteiger partial charge in [0.1, 0.15) is 21.7 Å². The van der Waals surface area contributed by atoms with Crippen molar-refractivity contribution in [2.45, 2.75) is 33.2 Å². The van der Waals surface area contributed by atoms with Crippen molar-refractivity contribution in [1.82, 2.24) is 9.88 Å². The van der Waals surface area contributed by atoms with Gasteiger partial charge in [-0.05, 0) is 42.9 Å². The molecule has 1 unspecified atom stereocenters. The summed E-state index contributed by atoms with van der Waals surface area (Å²) in [6.45, 7) is 6.54. The number of fused-ring (bicyclic) bond motifs is 1. The number of hydrogen-bond acceptors (Lipinski definition) is 8. The van der Waals surface area contributed by atoms with Gasteiger partial charge in [0.05, 0.1) is 17.9 Å². The van der Waals surface area contributed by atoms with E-state index < -0.39 is 27.7 Å². The number of benzene rings is 1. The smallest absolute Gasteiger partial charge is 0.338 e. The van der Waals surface area contributed by atoms with Gasteiger partial charge in [-0.15, -0.1) is 11.3 Å². The zero-order chi connectivity index (χ0) is 26.2. The van der Waals surface area contributed by atoms with Crippen molar-refractivity contribution in [3.63, 3.8) is 0 Å². The predicted molar refractivity (Wildman–Crippen MR) is 142 cm³/mol. The Bertz CT molecular complexity index is 1310. The Morgan fingerprint density at radius 3 is 2.72 bits per heavy atom. The Kier molecular flexibility index (Phi) is 8.01. The van der Waals surface area contributed by atoms with Crippen molar-refractivity contribution in [3.8, 4) is 0 Å². The Morgan fingerprint density at radius 2 is 2.11 bits per heavy atom. The molecule has 2 aliphatic heterocycles. The molecular formula is C25H29BrFN3O4S2. The predicted octanol–water partition coefficient (Wildman–Crippen LogP) is 5.00. The SMILES string of the molecule is CCOC(=O)C1=C2[C@@H](C(C)[C@H](C)CS(C)(=O)=O)CCN2C(c2nccs2)=N[C@H]1c1ccc(F)cc1Br. The Morgan fingerprint density at radius 1 is 1.36 bits per heavy atom. The summed E-state index contributed by atoms with van der Waals surface area (Å²) in [5.41, 5.74) is 1.84. The molecule has 11 heteroatoms. The number of amidine groups is 1. The van der Waals surface area contributed by atoms with Gasteiger partial charge in [-0.3, -0.25) is 4.99 Å². The van der Waals surface area contributed by atoms with Crippen LogP contribution in [0.1, 0.15) is 43.8 Å². The Labute approximate surface area is 223 Å². The molecule has 0 spiro atoms. The maximum atomic E-state index is 14.0. The summed E-state index contributed by atoms with van der Waals surface area (Å²) in [7, 11) is -3.17. The first-order valence-electron chi connectivity index (χ1n) is 11.8. The number of sulfone groups is 1. The maximum Gasteiger partial charge on any atom is 0.338 e. The molecule has 0 bridgehead atoms. The molecule has 1 aromatic heterocycles. The summed E-state index contributed by atoms with van der Waals surface area (Å²) in [5, 5.41) is 2.59. The third-order valence-electron chi connectivity index (χ3n) is 6.84. The molecule has 194 valence electrons. The van der Waals surface area contributed by atoms with Gasteiger partial charge in [-0.1, -0.05) is 35.8 Å². The van der Waals surface area contributed by atoms with Crippen LogP contribution < -0.4 is 0 Å². The fraction of sp³-hybridized carbons (Fsp3) is 0.480. The lowest BCUT2D eigenvalue weighted by Crippen LogP contribution is -2.37. The molecule has 2 aliphatic rings. The molecule has 0 N–H and O–H groups in total. The average molecular weight is 599 g/mol. The zero-order valence-electron chi connectivity index (χ0n) is 20.6. The van der Waals surface area contributed by atoms with Gasteiger partial charge in [0.15, 0.2) is 10.8 Å². The van der Waals surface area contributed by atoms with Crippen molar-refractivity contribution in [1.29, 1.82) is 0 Å². The minimum absolute atomic E-state index is 0.0305. The van der Waals surface area contributed by atoms with Crippen LogP contribution in [0.5, 0.6) is 0 Å². The number of aliphatic imine (C=N–C) groups is 1. The van der Waals surface area contributed by atoms with E-state index in [2.05, 4.69) is 20.9 Å². The standard InChI is InChI=1S/C25H29BrFN3O4S2/c1-5-34-25(31)20-21(18-7-6-16(27)12-19(18)26)29-23(24-28-9-11-35-24)30-10-8-17(22(20)30)15(3)14(2)13-36(4,32)33/h6-7,9,11-12,14-15,17,21H,5,8,10,13H2,1-4H3/t14-,15?,17-,21+/m1/s1. The molecule has 1 saturated heterocycles. The van der Waals surface area contributed by atoms with E-state index in [1.807, 2.05) is 24.1 Å². The van der Waals surface area contributed by atoms with Gasteiger partial charge >= 0.3 is 5.97 Å². The molecule has 36 heavy (non-hydrogen) atoms. The fourth-order valence-corrected chi connectivity index (χ4v) is 7.57. The van der Waals surface area contributed by atoms with E-state index in [9.17, 15) is 17.6 Å². The molecule has 1 aromatic carbocycles. The van der Waals surface area contributed by atoms with Gasteiger partial charge in [0.25, 0.3) is 0 Å². The van der Waals surface area contributed by atoms with Gasteiger partial charge < -0.3 is 9.64 Å². The second kappa shape index (κ2) is 10.7. The minimum atomic E-state index is -3.17. The van der Waals surface area contributed by atoms with E-state index in [1.165, 1.54) is 29.7 Å². The van der Waals surface area contributed by atoms with Gasteiger partial charge in [0, 0.05) is 40.5 Å².